The molecule has 2 aromatic rings. The van der Waals surface area contributed by atoms with Gasteiger partial charge in [-0.3, -0.25) is 4.79 Å². The molecule has 0 atom stereocenters. The molecular weight excluding hydrogens is 380 g/mol. The highest BCUT2D eigenvalue weighted by Crippen LogP contribution is 2.15. The molecule has 0 aliphatic heterocycles. The molecule has 0 spiro atoms. The van der Waals surface area contributed by atoms with Gasteiger partial charge in [0.15, 0.2) is 0 Å². The van der Waals surface area contributed by atoms with Gasteiger partial charge in [-0.05, 0) is 43.7 Å². The molecule has 8 heteroatoms. The molecule has 2 rings (SSSR count). The summed E-state index contributed by atoms with van der Waals surface area (Å²) in [7, 11) is -2.08. The quantitative estimate of drug-likeness (QED) is 0.649. The van der Waals surface area contributed by atoms with Crippen LogP contribution in [0.1, 0.15) is 30.1 Å². The Hall–Kier alpha value is -2.71. The molecule has 0 saturated heterocycles. The maximum atomic E-state index is 12.4. The molecule has 0 bridgehead atoms. The minimum atomic E-state index is -3.57. The highest BCUT2D eigenvalue weighted by Gasteiger charge is 2.20. The number of hydrogen-bond acceptors (Lipinski definition) is 5. The first kappa shape index (κ1) is 21.6. The van der Waals surface area contributed by atoms with Crippen LogP contribution in [0.5, 0.6) is 0 Å². The summed E-state index contributed by atoms with van der Waals surface area (Å²) < 4.78 is 31.0. The van der Waals surface area contributed by atoms with E-state index in [2.05, 4.69) is 5.32 Å². The van der Waals surface area contributed by atoms with Crippen LogP contribution >= 0.6 is 0 Å². The van der Waals surface area contributed by atoms with E-state index >= 15 is 0 Å². The summed E-state index contributed by atoms with van der Waals surface area (Å²) >= 11 is 0. The van der Waals surface area contributed by atoms with Crippen molar-refractivity contribution < 1.29 is 22.7 Å². The lowest BCUT2D eigenvalue weighted by atomic mass is 10.2. The molecule has 0 unspecified atom stereocenters. The van der Waals surface area contributed by atoms with E-state index in [-0.39, 0.29) is 30.4 Å². The fourth-order valence-corrected chi connectivity index (χ4v) is 3.75. The summed E-state index contributed by atoms with van der Waals surface area (Å²) in [5.41, 5.74) is 0.842. The van der Waals surface area contributed by atoms with Crippen molar-refractivity contribution in [2.24, 2.45) is 0 Å². The Labute approximate surface area is 165 Å². The Morgan fingerprint density at radius 3 is 2.46 bits per heavy atom. The zero-order valence-corrected chi connectivity index (χ0v) is 16.7. The van der Waals surface area contributed by atoms with Crippen molar-refractivity contribution in [2.45, 2.75) is 24.7 Å². The molecule has 0 fully saturated rings. The smallest absolute Gasteiger partial charge is 0.338 e. The summed E-state index contributed by atoms with van der Waals surface area (Å²) in [4.78, 5) is 24.1. The van der Waals surface area contributed by atoms with E-state index in [4.69, 9.17) is 4.74 Å². The van der Waals surface area contributed by atoms with Crippen molar-refractivity contribution in [3.8, 4) is 0 Å². The largest absolute Gasteiger partial charge is 0.462 e. The molecule has 0 heterocycles. The van der Waals surface area contributed by atoms with Crippen LogP contribution in [0.2, 0.25) is 0 Å². The van der Waals surface area contributed by atoms with Gasteiger partial charge in [0.05, 0.1) is 17.1 Å². The zero-order valence-electron chi connectivity index (χ0n) is 15.9. The number of nitrogens with zero attached hydrogens (tertiary/aromatic N) is 1. The molecule has 7 nitrogen and oxygen atoms in total. The van der Waals surface area contributed by atoms with Crippen molar-refractivity contribution in [3.63, 3.8) is 0 Å². The van der Waals surface area contributed by atoms with Crippen LogP contribution in [0.15, 0.2) is 59.5 Å². The van der Waals surface area contributed by atoms with Crippen molar-refractivity contribution in [1.29, 1.82) is 0 Å². The molecule has 28 heavy (non-hydrogen) atoms. The van der Waals surface area contributed by atoms with Gasteiger partial charge in [-0.25, -0.2) is 17.5 Å². The number of anilines is 1. The minimum Gasteiger partial charge on any atom is -0.462 e. The van der Waals surface area contributed by atoms with Gasteiger partial charge in [-0.15, -0.1) is 0 Å². The van der Waals surface area contributed by atoms with E-state index < -0.39 is 16.0 Å². The van der Waals surface area contributed by atoms with Gasteiger partial charge in [-0.1, -0.05) is 24.3 Å². The third-order valence-electron chi connectivity index (χ3n) is 3.99. The Kier molecular flexibility index (Phi) is 7.71. The number of ether oxygens (including phenoxy) is 1. The van der Waals surface area contributed by atoms with Gasteiger partial charge < -0.3 is 10.1 Å². The Bertz CT molecular complexity index is 913. The lowest BCUT2D eigenvalue weighted by Gasteiger charge is -2.17. The summed E-state index contributed by atoms with van der Waals surface area (Å²) in [6.07, 6.45) is 0.518. The van der Waals surface area contributed by atoms with Gasteiger partial charge in [0.1, 0.15) is 0 Å². The molecule has 0 radical (unpaired) electrons. The number of nitrogens with one attached hydrogen (secondary N) is 1. The fraction of sp³-hybridized carbons (Fsp3) is 0.300. The van der Waals surface area contributed by atoms with E-state index in [1.807, 2.05) is 0 Å². The number of carbonyl (C=O) groups is 2. The van der Waals surface area contributed by atoms with Crippen LogP contribution in [0.3, 0.4) is 0 Å². The van der Waals surface area contributed by atoms with E-state index in [0.29, 0.717) is 17.7 Å². The van der Waals surface area contributed by atoms with Crippen LogP contribution in [0.25, 0.3) is 0 Å². The van der Waals surface area contributed by atoms with E-state index in [1.54, 1.807) is 49.4 Å². The molecule has 1 N–H and O–H groups in total. The SMILES string of the molecule is CCOC(=O)c1cccc(NC(=O)CCCN(C)S(=O)(=O)c2ccccc2)c1. The van der Waals surface area contributed by atoms with Crippen LogP contribution in [-0.2, 0) is 19.6 Å². The minimum absolute atomic E-state index is 0.151. The predicted octanol–water partition coefficient (Wildman–Crippen LogP) is 2.90. The van der Waals surface area contributed by atoms with Crippen LogP contribution in [-0.4, -0.2) is 44.8 Å². The van der Waals surface area contributed by atoms with Crippen molar-refractivity contribution in [2.75, 3.05) is 25.5 Å². The number of benzene rings is 2. The summed E-state index contributed by atoms with van der Waals surface area (Å²) in [6.45, 7) is 2.21. The maximum Gasteiger partial charge on any atom is 0.338 e. The Balaban J connectivity index is 1.86. The fourth-order valence-electron chi connectivity index (χ4n) is 2.52. The summed E-state index contributed by atoms with van der Waals surface area (Å²) in [5, 5.41) is 2.71. The normalized spacial score (nSPS) is 11.2. The van der Waals surface area contributed by atoms with Crippen molar-refractivity contribution in [1.82, 2.24) is 4.31 Å². The van der Waals surface area contributed by atoms with Crippen molar-refractivity contribution >= 4 is 27.6 Å². The molecule has 0 aromatic heterocycles. The number of rotatable bonds is 9. The molecule has 2 aromatic carbocycles. The predicted molar refractivity (Wildman–Crippen MR) is 107 cm³/mol. The van der Waals surface area contributed by atoms with Gasteiger partial charge in [-0.2, -0.15) is 0 Å². The lowest BCUT2D eigenvalue weighted by Crippen LogP contribution is -2.28. The van der Waals surface area contributed by atoms with Gasteiger partial charge in [0.2, 0.25) is 15.9 Å². The first-order valence-corrected chi connectivity index (χ1v) is 10.4. The lowest BCUT2D eigenvalue weighted by molar-refractivity contribution is -0.116. The second-order valence-electron chi connectivity index (χ2n) is 6.09. The average Bonchev–Trinajstić information content (AvgIpc) is 2.69. The molecule has 0 aliphatic carbocycles. The first-order chi connectivity index (χ1) is 13.3. The van der Waals surface area contributed by atoms with Crippen LogP contribution in [0.4, 0.5) is 5.69 Å². The van der Waals surface area contributed by atoms with Crippen LogP contribution < -0.4 is 5.32 Å². The summed E-state index contributed by atoms with van der Waals surface area (Å²) in [5.74, 6) is -0.710. The molecule has 0 saturated carbocycles. The third kappa shape index (κ3) is 5.90. The number of esters is 1. The number of sulfonamides is 1. The molecule has 0 aliphatic rings. The van der Waals surface area contributed by atoms with Crippen LogP contribution in [0, 0.1) is 0 Å². The highest BCUT2D eigenvalue weighted by atomic mass is 32.2. The number of amides is 1. The van der Waals surface area contributed by atoms with Gasteiger partial charge in [0, 0.05) is 25.7 Å². The summed E-state index contributed by atoms with van der Waals surface area (Å²) in [6, 6.07) is 14.6. The topological polar surface area (TPSA) is 92.8 Å². The van der Waals surface area contributed by atoms with Gasteiger partial charge >= 0.3 is 5.97 Å². The third-order valence-corrected chi connectivity index (χ3v) is 5.86. The zero-order chi connectivity index (χ0) is 20.6. The molecular formula is C20H24N2O5S. The van der Waals surface area contributed by atoms with Crippen molar-refractivity contribution in [3.05, 3.63) is 60.2 Å². The average molecular weight is 404 g/mol. The maximum absolute atomic E-state index is 12.4. The monoisotopic (exact) mass is 404 g/mol. The highest BCUT2D eigenvalue weighted by molar-refractivity contribution is 7.89. The number of hydrogen-bond donors (Lipinski definition) is 1. The first-order valence-electron chi connectivity index (χ1n) is 8.93. The van der Waals surface area contributed by atoms with E-state index in [0.717, 1.165) is 0 Å². The number of carbonyl (C=O) groups excluding carboxylic acids is 2. The Morgan fingerprint density at radius 1 is 1.07 bits per heavy atom. The Morgan fingerprint density at radius 2 is 1.79 bits per heavy atom. The second-order valence-corrected chi connectivity index (χ2v) is 8.14. The van der Waals surface area contributed by atoms with Gasteiger partial charge in [0.25, 0.3) is 0 Å². The molecule has 1 amide bonds. The van der Waals surface area contributed by atoms with E-state index in [9.17, 15) is 18.0 Å². The van der Waals surface area contributed by atoms with E-state index in [1.165, 1.54) is 23.5 Å². The standard InChI is InChI=1S/C20H24N2O5S/c1-3-27-20(24)16-9-7-10-17(15-16)21-19(23)13-8-14-22(2)28(25,26)18-11-5-4-6-12-18/h4-7,9-12,15H,3,8,13-14H2,1-2H3,(H,21,23). The molecule has 150 valence electrons. The second kappa shape index (κ2) is 10.0.